The molecule has 1 aliphatic carbocycles. The summed E-state index contributed by atoms with van der Waals surface area (Å²) in [6.45, 7) is 0. The lowest BCUT2D eigenvalue weighted by molar-refractivity contribution is -0.117. The van der Waals surface area contributed by atoms with E-state index in [-0.39, 0.29) is 11.8 Å². The standard InChI is InChI=1S/C16H16N2O/c19-16(13-6-7-13)18-14-8-9-17-15(11-14)10-12-4-2-1-3-5-12/h1-5,8-9,11,13H,6-7,10H2,(H,17,18,19). The van der Waals surface area contributed by atoms with Gasteiger partial charge in [-0.25, -0.2) is 0 Å². The van der Waals surface area contributed by atoms with Crippen molar-refractivity contribution in [1.82, 2.24) is 4.98 Å². The third kappa shape index (κ3) is 3.19. The number of hydrogen-bond acceptors (Lipinski definition) is 2. The maximum atomic E-state index is 11.7. The van der Waals surface area contributed by atoms with E-state index in [9.17, 15) is 4.79 Å². The molecule has 1 saturated carbocycles. The van der Waals surface area contributed by atoms with E-state index in [0.29, 0.717) is 0 Å². The molecular weight excluding hydrogens is 236 g/mol. The van der Waals surface area contributed by atoms with Crippen LogP contribution in [0, 0.1) is 5.92 Å². The van der Waals surface area contributed by atoms with E-state index in [1.54, 1.807) is 6.20 Å². The molecule has 0 radical (unpaired) electrons. The van der Waals surface area contributed by atoms with Crippen molar-refractivity contribution in [2.75, 3.05) is 5.32 Å². The molecule has 1 amide bonds. The summed E-state index contributed by atoms with van der Waals surface area (Å²) >= 11 is 0. The maximum absolute atomic E-state index is 11.7. The quantitative estimate of drug-likeness (QED) is 0.908. The molecule has 1 N–H and O–H groups in total. The van der Waals surface area contributed by atoms with Gasteiger partial charge in [0.05, 0.1) is 0 Å². The van der Waals surface area contributed by atoms with Crippen LogP contribution in [0.1, 0.15) is 24.1 Å². The highest BCUT2D eigenvalue weighted by Crippen LogP contribution is 2.30. The van der Waals surface area contributed by atoms with Crippen LogP contribution < -0.4 is 5.32 Å². The largest absolute Gasteiger partial charge is 0.326 e. The second-order valence-electron chi connectivity index (χ2n) is 4.96. The Labute approximate surface area is 112 Å². The Morgan fingerprint density at radius 2 is 2.00 bits per heavy atom. The molecule has 1 fully saturated rings. The summed E-state index contributed by atoms with van der Waals surface area (Å²) in [6, 6.07) is 14.0. The molecule has 0 unspecified atom stereocenters. The van der Waals surface area contributed by atoms with Crippen LogP contribution in [0.4, 0.5) is 5.69 Å². The summed E-state index contributed by atoms with van der Waals surface area (Å²) in [7, 11) is 0. The van der Waals surface area contributed by atoms with Crippen molar-refractivity contribution in [2.24, 2.45) is 5.92 Å². The lowest BCUT2D eigenvalue weighted by Gasteiger charge is -2.06. The van der Waals surface area contributed by atoms with Crippen LogP contribution >= 0.6 is 0 Å². The SMILES string of the molecule is O=C(Nc1ccnc(Cc2ccccc2)c1)C1CC1. The first-order valence-corrected chi connectivity index (χ1v) is 6.61. The number of rotatable bonds is 4. The zero-order valence-corrected chi connectivity index (χ0v) is 10.7. The molecule has 1 heterocycles. The minimum Gasteiger partial charge on any atom is -0.326 e. The Bertz CT molecular complexity index is 576. The summed E-state index contributed by atoms with van der Waals surface area (Å²) in [5.41, 5.74) is 3.04. The Morgan fingerprint density at radius 3 is 2.74 bits per heavy atom. The normalized spacial score (nSPS) is 14.1. The molecule has 0 aliphatic heterocycles. The van der Waals surface area contributed by atoms with Gasteiger partial charge in [0.15, 0.2) is 0 Å². The first kappa shape index (κ1) is 11.9. The van der Waals surface area contributed by atoms with Crippen molar-refractivity contribution in [3.05, 3.63) is 59.9 Å². The number of nitrogens with zero attached hydrogens (tertiary/aromatic N) is 1. The molecule has 0 saturated heterocycles. The van der Waals surface area contributed by atoms with Crippen LogP contribution in [-0.2, 0) is 11.2 Å². The Hall–Kier alpha value is -2.16. The minimum absolute atomic E-state index is 0.136. The summed E-state index contributed by atoms with van der Waals surface area (Å²) in [6.07, 6.45) is 4.58. The fourth-order valence-electron chi connectivity index (χ4n) is 2.05. The summed E-state index contributed by atoms with van der Waals surface area (Å²) in [5, 5.41) is 2.95. The van der Waals surface area contributed by atoms with Gasteiger partial charge in [0.1, 0.15) is 0 Å². The highest BCUT2D eigenvalue weighted by molar-refractivity contribution is 5.93. The van der Waals surface area contributed by atoms with E-state index in [1.165, 1.54) is 5.56 Å². The molecular formula is C16H16N2O. The minimum atomic E-state index is 0.136. The van der Waals surface area contributed by atoms with Crippen molar-refractivity contribution in [3.63, 3.8) is 0 Å². The van der Waals surface area contributed by atoms with Crippen molar-refractivity contribution in [2.45, 2.75) is 19.3 Å². The van der Waals surface area contributed by atoms with Crippen LogP contribution in [0.15, 0.2) is 48.7 Å². The first-order valence-electron chi connectivity index (χ1n) is 6.61. The smallest absolute Gasteiger partial charge is 0.227 e. The topological polar surface area (TPSA) is 42.0 Å². The van der Waals surface area contributed by atoms with Gasteiger partial charge >= 0.3 is 0 Å². The molecule has 1 aliphatic rings. The number of nitrogens with one attached hydrogen (secondary N) is 1. The molecule has 0 spiro atoms. The van der Waals surface area contributed by atoms with Crippen molar-refractivity contribution in [1.29, 1.82) is 0 Å². The molecule has 0 bridgehead atoms. The van der Waals surface area contributed by atoms with Gasteiger partial charge in [-0.2, -0.15) is 0 Å². The number of anilines is 1. The zero-order valence-electron chi connectivity index (χ0n) is 10.7. The predicted octanol–water partition coefficient (Wildman–Crippen LogP) is 3.02. The van der Waals surface area contributed by atoms with Crippen LogP contribution in [0.25, 0.3) is 0 Å². The van der Waals surface area contributed by atoms with E-state index in [4.69, 9.17) is 0 Å². The van der Waals surface area contributed by atoms with Gasteiger partial charge in [-0.05, 0) is 30.5 Å². The Balaban J connectivity index is 1.70. The summed E-state index contributed by atoms with van der Waals surface area (Å²) in [4.78, 5) is 16.1. The summed E-state index contributed by atoms with van der Waals surface area (Å²) < 4.78 is 0. The van der Waals surface area contributed by atoms with Gasteiger partial charge in [0, 0.05) is 29.9 Å². The molecule has 1 aromatic heterocycles. The monoisotopic (exact) mass is 252 g/mol. The van der Waals surface area contributed by atoms with Gasteiger partial charge in [-0.1, -0.05) is 30.3 Å². The van der Waals surface area contributed by atoms with Crippen LogP contribution in [0.5, 0.6) is 0 Å². The molecule has 3 heteroatoms. The highest BCUT2D eigenvalue weighted by Gasteiger charge is 2.29. The zero-order chi connectivity index (χ0) is 13.1. The molecule has 3 nitrogen and oxygen atoms in total. The number of benzene rings is 1. The first-order chi connectivity index (χ1) is 9.31. The molecule has 1 aromatic carbocycles. The number of carbonyl (C=O) groups excluding carboxylic acids is 1. The molecule has 3 rings (SSSR count). The lowest BCUT2D eigenvalue weighted by Crippen LogP contribution is -2.13. The third-order valence-corrected chi connectivity index (χ3v) is 3.26. The number of aromatic nitrogens is 1. The van der Waals surface area contributed by atoms with Crippen LogP contribution in [0.2, 0.25) is 0 Å². The third-order valence-electron chi connectivity index (χ3n) is 3.26. The van der Waals surface area contributed by atoms with Crippen molar-refractivity contribution >= 4 is 11.6 Å². The Kier molecular flexibility index (Phi) is 3.27. The number of pyridine rings is 1. The average molecular weight is 252 g/mol. The van der Waals surface area contributed by atoms with Gasteiger partial charge in [-0.3, -0.25) is 9.78 Å². The van der Waals surface area contributed by atoms with E-state index < -0.39 is 0 Å². The summed E-state index contributed by atoms with van der Waals surface area (Å²) in [5.74, 6) is 0.364. The second-order valence-corrected chi connectivity index (χ2v) is 4.96. The fraction of sp³-hybridized carbons (Fsp3) is 0.250. The van der Waals surface area contributed by atoms with Crippen molar-refractivity contribution < 1.29 is 4.79 Å². The van der Waals surface area contributed by atoms with Gasteiger partial charge in [0.2, 0.25) is 5.91 Å². The number of carbonyl (C=O) groups is 1. The number of amides is 1. The Morgan fingerprint density at radius 1 is 1.21 bits per heavy atom. The second kappa shape index (κ2) is 5.22. The van der Waals surface area contributed by atoms with E-state index in [1.807, 2.05) is 30.3 Å². The highest BCUT2D eigenvalue weighted by atomic mass is 16.2. The van der Waals surface area contributed by atoms with E-state index >= 15 is 0 Å². The number of hydrogen-bond donors (Lipinski definition) is 1. The molecule has 19 heavy (non-hydrogen) atoms. The van der Waals surface area contributed by atoms with Gasteiger partial charge in [-0.15, -0.1) is 0 Å². The molecule has 96 valence electrons. The molecule has 2 aromatic rings. The lowest BCUT2D eigenvalue weighted by atomic mass is 10.1. The van der Waals surface area contributed by atoms with Crippen LogP contribution in [-0.4, -0.2) is 10.9 Å². The predicted molar refractivity (Wildman–Crippen MR) is 74.8 cm³/mol. The van der Waals surface area contributed by atoms with E-state index in [2.05, 4.69) is 22.4 Å². The average Bonchev–Trinajstić information content (AvgIpc) is 3.24. The van der Waals surface area contributed by atoms with Gasteiger partial charge < -0.3 is 5.32 Å². The van der Waals surface area contributed by atoms with E-state index in [0.717, 1.165) is 30.6 Å². The van der Waals surface area contributed by atoms with Gasteiger partial charge in [0.25, 0.3) is 0 Å². The van der Waals surface area contributed by atoms with Crippen molar-refractivity contribution in [3.8, 4) is 0 Å². The molecule has 0 atom stereocenters. The maximum Gasteiger partial charge on any atom is 0.227 e. The fourth-order valence-corrected chi connectivity index (χ4v) is 2.05. The van der Waals surface area contributed by atoms with Crippen LogP contribution in [0.3, 0.4) is 0 Å².